The van der Waals surface area contributed by atoms with E-state index in [4.69, 9.17) is 10.5 Å². The van der Waals surface area contributed by atoms with Gasteiger partial charge in [0.1, 0.15) is 6.61 Å². The van der Waals surface area contributed by atoms with Crippen LogP contribution in [0.15, 0.2) is 65.7 Å². The summed E-state index contributed by atoms with van der Waals surface area (Å²) in [7, 11) is -3.74. The van der Waals surface area contributed by atoms with Crippen molar-refractivity contribution in [2.24, 2.45) is 5.73 Å². The van der Waals surface area contributed by atoms with Gasteiger partial charge < -0.3 is 10.5 Å². The molecule has 23 heavy (non-hydrogen) atoms. The van der Waals surface area contributed by atoms with Gasteiger partial charge in [-0.3, -0.25) is 0 Å². The number of carbonyl (C=O) groups excluding carboxylic acids is 1. The van der Waals surface area contributed by atoms with Crippen LogP contribution in [0.2, 0.25) is 0 Å². The van der Waals surface area contributed by atoms with E-state index in [1.807, 2.05) is 0 Å². The Bertz CT molecular complexity index is 962. The Hall–Kier alpha value is -2.80. The van der Waals surface area contributed by atoms with Gasteiger partial charge in [-0.25, -0.2) is 17.2 Å². The van der Waals surface area contributed by atoms with Crippen molar-refractivity contribution in [2.45, 2.75) is 11.5 Å². The second kappa shape index (κ2) is 5.77. The summed E-state index contributed by atoms with van der Waals surface area (Å²) in [6, 6.07) is 15.1. The van der Waals surface area contributed by atoms with Gasteiger partial charge >= 0.3 is 6.09 Å². The number of carbonyl (C=O) groups is 1. The number of aromatic nitrogens is 1. The molecule has 118 valence electrons. The number of nitrogens with zero attached hydrogens (tertiary/aromatic N) is 1. The first-order chi connectivity index (χ1) is 11.0. The van der Waals surface area contributed by atoms with Crippen molar-refractivity contribution in [1.82, 2.24) is 3.97 Å². The fraction of sp³-hybridized carbons (Fsp3) is 0.0625. The van der Waals surface area contributed by atoms with E-state index in [-0.39, 0.29) is 11.5 Å². The highest BCUT2D eigenvalue weighted by Crippen LogP contribution is 2.26. The average molecular weight is 330 g/mol. The van der Waals surface area contributed by atoms with Gasteiger partial charge in [-0.2, -0.15) is 0 Å². The molecule has 0 saturated carbocycles. The standard InChI is InChI=1S/C16H14N2O4S/c17-16(19)22-11-12-10-18(15-9-5-4-8-14(12)15)23(20,21)13-6-2-1-3-7-13/h1-10H,11H2,(H2,17,19). The summed E-state index contributed by atoms with van der Waals surface area (Å²) in [5, 5.41) is 0.688. The number of nitrogens with two attached hydrogens (primary N) is 1. The van der Waals surface area contributed by atoms with Crippen LogP contribution >= 0.6 is 0 Å². The Morgan fingerprint density at radius 3 is 2.39 bits per heavy atom. The quantitative estimate of drug-likeness (QED) is 0.795. The predicted molar refractivity (Wildman–Crippen MR) is 85.3 cm³/mol. The van der Waals surface area contributed by atoms with Crippen LogP contribution in [-0.4, -0.2) is 18.5 Å². The summed E-state index contributed by atoms with van der Waals surface area (Å²) in [5.74, 6) is 0. The van der Waals surface area contributed by atoms with Crippen LogP contribution in [-0.2, 0) is 21.4 Å². The third kappa shape index (κ3) is 2.78. The molecule has 0 bridgehead atoms. The second-order valence-corrected chi connectivity index (χ2v) is 6.71. The molecule has 1 aromatic heterocycles. The lowest BCUT2D eigenvalue weighted by Gasteiger charge is -2.07. The first-order valence-electron chi connectivity index (χ1n) is 6.82. The van der Waals surface area contributed by atoms with E-state index in [2.05, 4.69) is 0 Å². The number of primary amides is 1. The number of fused-ring (bicyclic) bond motifs is 1. The van der Waals surface area contributed by atoms with Crippen LogP contribution in [0.3, 0.4) is 0 Å². The first-order valence-corrected chi connectivity index (χ1v) is 8.26. The van der Waals surface area contributed by atoms with Gasteiger partial charge in [0.25, 0.3) is 10.0 Å². The van der Waals surface area contributed by atoms with Gasteiger partial charge in [-0.15, -0.1) is 0 Å². The number of amides is 1. The summed E-state index contributed by atoms with van der Waals surface area (Å²) in [5.41, 5.74) is 6.06. The van der Waals surface area contributed by atoms with Gasteiger partial charge in [0.15, 0.2) is 0 Å². The summed E-state index contributed by atoms with van der Waals surface area (Å²) in [6.07, 6.45) is 0.545. The number of ether oxygens (including phenoxy) is 1. The first kappa shape index (κ1) is 15.1. The molecule has 2 aromatic carbocycles. The Morgan fingerprint density at radius 1 is 1.04 bits per heavy atom. The molecular formula is C16H14N2O4S. The molecule has 0 unspecified atom stereocenters. The lowest BCUT2D eigenvalue weighted by atomic mass is 10.2. The molecule has 7 heteroatoms. The molecule has 0 aliphatic rings. The molecular weight excluding hydrogens is 316 g/mol. The molecule has 0 saturated heterocycles. The van der Waals surface area contributed by atoms with E-state index in [1.165, 1.54) is 22.3 Å². The highest BCUT2D eigenvalue weighted by molar-refractivity contribution is 7.90. The highest BCUT2D eigenvalue weighted by Gasteiger charge is 2.21. The van der Waals surface area contributed by atoms with E-state index < -0.39 is 16.1 Å². The minimum atomic E-state index is -3.74. The topological polar surface area (TPSA) is 91.4 Å². The molecule has 0 aliphatic heterocycles. The van der Waals surface area contributed by atoms with Crippen molar-refractivity contribution >= 4 is 27.0 Å². The van der Waals surface area contributed by atoms with Crippen molar-refractivity contribution in [1.29, 1.82) is 0 Å². The summed E-state index contributed by atoms with van der Waals surface area (Å²) < 4.78 is 31.6. The Kier molecular flexibility index (Phi) is 3.79. The predicted octanol–water partition coefficient (Wildman–Crippen LogP) is 2.47. The van der Waals surface area contributed by atoms with Gasteiger partial charge in [0.05, 0.1) is 10.4 Å². The lowest BCUT2D eigenvalue weighted by Crippen LogP contribution is -2.13. The van der Waals surface area contributed by atoms with Crippen molar-refractivity contribution < 1.29 is 17.9 Å². The molecule has 1 amide bonds. The minimum Gasteiger partial charge on any atom is -0.445 e. The fourth-order valence-electron chi connectivity index (χ4n) is 2.39. The summed E-state index contributed by atoms with van der Waals surface area (Å²) in [6.45, 7) is -0.0901. The van der Waals surface area contributed by atoms with Gasteiger partial charge in [-0.1, -0.05) is 36.4 Å². The largest absolute Gasteiger partial charge is 0.445 e. The number of rotatable bonds is 4. The zero-order valence-corrected chi connectivity index (χ0v) is 12.9. The molecule has 0 atom stereocenters. The Labute approximate surface area is 133 Å². The van der Waals surface area contributed by atoms with Crippen LogP contribution in [0.5, 0.6) is 0 Å². The van der Waals surface area contributed by atoms with Crippen LogP contribution in [0, 0.1) is 0 Å². The zero-order chi connectivity index (χ0) is 16.4. The third-order valence-electron chi connectivity index (χ3n) is 3.43. The maximum Gasteiger partial charge on any atom is 0.404 e. The summed E-state index contributed by atoms with van der Waals surface area (Å²) >= 11 is 0. The number of hydrogen-bond donors (Lipinski definition) is 1. The van der Waals surface area contributed by atoms with Crippen LogP contribution < -0.4 is 5.73 Å². The smallest absolute Gasteiger partial charge is 0.404 e. The third-order valence-corrected chi connectivity index (χ3v) is 5.12. The minimum absolute atomic E-state index is 0.0901. The molecule has 6 nitrogen and oxygen atoms in total. The van der Waals surface area contributed by atoms with E-state index in [0.29, 0.717) is 16.5 Å². The number of hydrogen-bond acceptors (Lipinski definition) is 4. The SMILES string of the molecule is NC(=O)OCc1cn(S(=O)(=O)c2ccccc2)c2ccccc12. The van der Waals surface area contributed by atoms with Gasteiger partial charge in [0, 0.05) is 17.1 Å². The number of para-hydroxylation sites is 1. The maximum absolute atomic E-state index is 12.8. The van der Waals surface area contributed by atoms with Gasteiger partial charge in [-0.05, 0) is 18.2 Å². The van der Waals surface area contributed by atoms with Crippen LogP contribution in [0.4, 0.5) is 4.79 Å². The lowest BCUT2D eigenvalue weighted by molar-refractivity contribution is 0.150. The van der Waals surface area contributed by atoms with Crippen molar-refractivity contribution in [3.05, 3.63) is 66.4 Å². The van der Waals surface area contributed by atoms with Crippen molar-refractivity contribution in [3.8, 4) is 0 Å². The number of benzene rings is 2. The zero-order valence-electron chi connectivity index (χ0n) is 12.0. The highest BCUT2D eigenvalue weighted by atomic mass is 32.2. The molecule has 3 rings (SSSR count). The summed E-state index contributed by atoms with van der Waals surface area (Å²) in [4.78, 5) is 11.0. The van der Waals surface area contributed by atoms with Crippen molar-refractivity contribution in [2.75, 3.05) is 0 Å². The maximum atomic E-state index is 12.8. The van der Waals surface area contributed by atoms with E-state index in [9.17, 15) is 13.2 Å². The Balaban J connectivity index is 2.17. The molecule has 0 fully saturated rings. The average Bonchev–Trinajstić information content (AvgIpc) is 2.93. The molecule has 0 radical (unpaired) electrons. The molecule has 2 N–H and O–H groups in total. The van der Waals surface area contributed by atoms with E-state index in [0.717, 1.165) is 0 Å². The van der Waals surface area contributed by atoms with Crippen LogP contribution in [0.1, 0.15) is 5.56 Å². The molecule has 3 aromatic rings. The Morgan fingerprint density at radius 2 is 1.70 bits per heavy atom. The molecule has 0 spiro atoms. The normalized spacial score (nSPS) is 11.5. The molecule has 1 heterocycles. The van der Waals surface area contributed by atoms with Crippen molar-refractivity contribution in [3.63, 3.8) is 0 Å². The monoisotopic (exact) mass is 330 g/mol. The van der Waals surface area contributed by atoms with E-state index >= 15 is 0 Å². The molecule has 0 aliphatic carbocycles. The van der Waals surface area contributed by atoms with E-state index in [1.54, 1.807) is 42.5 Å². The van der Waals surface area contributed by atoms with Gasteiger partial charge in [0.2, 0.25) is 0 Å². The second-order valence-electron chi connectivity index (χ2n) is 4.89. The fourth-order valence-corrected chi connectivity index (χ4v) is 3.80. The van der Waals surface area contributed by atoms with Crippen LogP contribution in [0.25, 0.3) is 10.9 Å².